The molecule has 0 spiro atoms. The lowest BCUT2D eigenvalue weighted by Gasteiger charge is -2.05. The van der Waals surface area contributed by atoms with Gasteiger partial charge in [-0.3, -0.25) is 0 Å². The molecule has 2 heterocycles. The maximum atomic E-state index is 5.59. The van der Waals surface area contributed by atoms with Gasteiger partial charge in [-0.15, -0.1) is 11.3 Å². The van der Waals surface area contributed by atoms with E-state index in [1.807, 2.05) is 18.2 Å². The molecule has 0 unspecified atom stereocenters. The average molecular weight is 280 g/mol. The van der Waals surface area contributed by atoms with Crippen molar-refractivity contribution in [1.29, 1.82) is 0 Å². The zero-order valence-electron chi connectivity index (χ0n) is 11.6. The van der Waals surface area contributed by atoms with Crippen LogP contribution in [0.3, 0.4) is 0 Å². The van der Waals surface area contributed by atoms with Gasteiger partial charge in [0.25, 0.3) is 0 Å². The summed E-state index contributed by atoms with van der Waals surface area (Å²) in [7, 11) is 0. The summed E-state index contributed by atoms with van der Waals surface area (Å²) < 4.78 is 5.59. The van der Waals surface area contributed by atoms with Crippen molar-refractivity contribution >= 4 is 17.4 Å². The van der Waals surface area contributed by atoms with E-state index in [1.165, 1.54) is 27.1 Å². The first-order chi connectivity index (χ1) is 9.75. The van der Waals surface area contributed by atoms with Crippen molar-refractivity contribution in [2.75, 3.05) is 0 Å². The third kappa shape index (κ3) is 2.47. The molecule has 2 aromatic heterocycles. The van der Waals surface area contributed by atoms with Crippen LogP contribution in [0.15, 0.2) is 64.1 Å². The topological polar surface area (TPSA) is 13.1 Å². The van der Waals surface area contributed by atoms with Gasteiger partial charge in [-0.2, -0.15) is 0 Å². The van der Waals surface area contributed by atoms with Crippen molar-refractivity contribution in [2.24, 2.45) is 0 Å². The van der Waals surface area contributed by atoms with Crippen LogP contribution in [0.25, 0.3) is 27.8 Å². The zero-order chi connectivity index (χ0) is 13.9. The summed E-state index contributed by atoms with van der Waals surface area (Å²) in [5.74, 6) is 0.933. The average Bonchev–Trinajstić information content (AvgIpc) is 3.07. The minimum Gasteiger partial charge on any atom is -0.463 e. The van der Waals surface area contributed by atoms with Gasteiger partial charge < -0.3 is 4.42 Å². The maximum Gasteiger partial charge on any atom is 0.144 e. The summed E-state index contributed by atoms with van der Waals surface area (Å²) in [6.45, 7) is 4.25. The maximum absolute atomic E-state index is 5.59. The van der Waals surface area contributed by atoms with Gasteiger partial charge in [-0.25, -0.2) is 0 Å². The van der Waals surface area contributed by atoms with Gasteiger partial charge in [0.2, 0.25) is 0 Å². The molecule has 100 valence electrons. The van der Waals surface area contributed by atoms with E-state index in [9.17, 15) is 0 Å². The van der Waals surface area contributed by atoms with E-state index in [0.717, 1.165) is 5.76 Å². The van der Waals surface area contributed by atoms with Gasteiger partial charge in [-0.1, -0.05) is 42.0 Å². The molecule has 0 radical (unpaired) electrons. The molecule has 0 aliphatic rings. The molecule has 0 aliphatic carbocycles. The predicted molar refractivity (Wildman–Crippen MR) is 86.8 cm³/mol. The molecule has 1 aromatic carbocycles. The van der Waals surface area contributed by atoms with Crippen molar-refractivity contribution < 1.29 is 4.42 Å². The van der Waals surface area contributed by atoms with Crippen LogP contribution in [0, 0.1) is 0 Å². The van der Waals surface area contributed by atoms with Crippen LogP contribution in [0.5, 0.6) is 0 Å². The summed E-state index contributed by atoms with van der Waals surface area (Å²) >= 11 is 1.73. The third-order valence-electron chi connectivity index (χ3n) is 3.07. The number of furan rings is 1. The molecule has 1 nitrogen and oxygen atoms in total. The van der Waals surface area contributed by atoms with Crippen LogP contribution in [0.1, 0.15) is 19.4 Å². The van der Waals surface area contributed by atoms with Crippen molar-refractivity contribution in [3.05, 3.63) is 65.2 Å². The number of rotatable bonds is 3. The number of hydrogen-bond acceptors (Lipinski definition) is 2. The van der Waals surface area contributed by atoms with E-state index in [-0.39, 0.29) is 0 Å². The first-order valence-electron chi connectivity index (χ1n) is 6.61. The van der Waals surface area contributed by atoms with Gasteiger partial charge in [-0.05, 0) is 42.5 Å². The highest BCUT2D eigenvalue weighted by atomic mass is 32.1. The second kappa shape index (κ2) is 5.51. The second-order valence-electron chi connectivity index (χ2n) is 4.96. The Bertz CT molecular complexity index is 714. The van der Waals surface area contributed by atoms with E-state index in [4.69, 9.17) is 4.42 Å². The number of benzene rings is 1. The Balaban J connectivity index is 2.23. The highest BCUT2D eigenvalue weighted by Gasteiger charge is 2.15. The Hall–Kier alpha value is -2.06. The van der Waals surface area contributed by atoms with Crippen LogP contribution in [-0.4, -0.2) is 0 Å². The Morgan fingerprint density at radius 3 is 2.50 bits per heavy atom. The zero-order valence-corrected chi connectivity index (χ0v) is 12.4. The number of thiophene rings is 1. The highest BCUT2D eigenvalue weighted by Crippen LogP contribution is 2.41. The van der Waals surface area contributed by atoms with Gasteiger partial charge >= 0.3 is 0 Å². The molecule has 2 heteroatoms. The largest absolute Gasteiger partial charge is 0.463 e. The molecular weight excluding hydrogens is 264 g/mol. The van der Waals surface area contributed by atoms with E-state index in [2.05, 4.69) is 49.6 Å². The molecular formula is C18H16OS. The van der Waals surface area contributed by atoms with Crippen LogP contribution in [0.2, 0.25) is 0 Å². The Labute approximate surface area is 123 Å². The third-order valence-corrected chi connectivity index (χ3v) is 4.08. The van der Waals surface area contributed by atoms with E-state index in [0.29, 0.717) is 0 Å². The summed E-state index contributed by atoms with van der Waals surface area (Å²) in [4.78, 5) is 1.19. The van der Waals surface area contributed by atoms with Gasteiger partial charge in [0.15, 0.2) is 0 Å². The van der Waals surface area contributed by atoms with Gasteiger partial charge in [0.1, 0.15) is 5.76 Å². The van der Waals surface area contributed by atoms with Crippen molar-refractivity contribution in [1.82, 2.24) is 0 Å². The van der Waals surface area contributed by atoms with Crippen LogP contribution in [-0.2, 0) is 0 Å². The normalized spacial score (nSPS) is 10.5. The summed E-state index contributed by atoms with van der Waals surface area (Å²) in [5, 5.41) is 2.20. The van der Waals surface area contributed by atoms with Crippen LogP contribution < -0.4 is 0 Å². The number of hydrogen-bond donors (Lipinski definition) is 0. The fraction of sp³-hybridized carbons (Fsp3) is 0.111. The van der Waals surface area contributed by atoms with Crippen molar-refractivity contribution in [3.63, 3.8) is 0 Å². The van der Waals surface area contributed by atoms with Crippen molar-refractivity contribution in [2.45, 2.75) is 13.8 Å². The van der Waals surface area contributed by atoms with E-state index >= 15 is 0 Å². The fourth-order valence-electron chi connectivity index (χ4n) is 2.28. The first-order valence-corrected chi connectivity index (χ1v) is 7.49. The predicted octanol–water partition coefficient (Wildman–Crippen LogP) is 6.10. The van der Waals surface area contributed by atoms with Crippen molar-refractivity contribution in [3.8, 4) is 21.8 Å². The SMILES string of the molecule is CC(C)=Cc1csc(-c2ccco2)c1-c1ccccc1. The summed E-state index contributed by atoms with van der Waals surface area (Å²) in [5.41, 5.74) is 5.04. The Morgan fingerprint density at radius 1 is 1.05 bits per heavy atom. The molecule has 3 rings (SSSR count). The summed E-state index contributed by atoms with van der Waals surface area (Å²) in [6, 6.07) is 14.4. The minimum absolute atomic E-state index is 0.933. The monoisotopic (exact) mass is 280 g/mol. The first kappa shape index (κ1) is 12.9. The Kier molecular flexibility index (Phi) is 3.57. The summed E-state index contributed by atoms with van der Waals surface area (Å²) in [6.07, 6.45) is 3.95. The lowest BCUT2D eigenvalue weighted by atomic mass is 10.00. The van der Waals surface area contributed by atoms with Crippen LogP contribution >= 0.6 is 11.3 Å². The number of allylic oxidation sites excluding steroid dienone is 1. The molecule has 0 bridgehead atoms. The van der Waals surface area contributed by atoms with Gasteiger partial charge in [0, 0.05) is 5.56 Å². The minimum atomic E-state index is 0.933. The standard InChI is InChI=1S/C18H16OS/c1-13(2)11-15-12-20-18(16-9-6-10-19-16)17(15)14-7-4-3-5-8-14/h3-12H,1-2H3. The molecule has 0 N–H and O–H groups in total. The second-order valence-corrected chi connectivity index (χ2v) is 5.84. The molecule has 0 saturated heterocycles. The Morgan fingerprint density at radius 2 is 1.85 bits per heavy atom. The molecule has 0 saturated carbocycles. The lowest BCUT2D eigenvalue weighted by Crippen LogP contribution is -1.81. The van der Waals surface area contributed by atoms with Gasteiger partial charge in [0.05, 0.1) is 11.1 Å². The van der Waals surface area contributed by atoms with E-state index < -0.39 is 0 Å². The molecule has 20 heavy (non-hydrogen) atoms. The fourth-order valence-corrected chi connectivity index (χ4v) is 3.30. The smallest absolute Gasteiger partial charge is 0.144 e. The molecule has 3 aromatic rings. The molecule has 0 aliphatic heterocycles. The molecule has 0 amide bonds. The quantitative estimate of drug-likeness (QED) is 0.565. The molecule has 0 fully saturated rings. The highest BCUT2D eigenvalue weighted by molar-refractivity contribution is 7.14. The molecule has 0 atom stereocenters. The van der Waals surface area contributed by atoms with E-state index in [1.54, 1.807) is 17.6 Å². The van der Waals surface area contributed by atoms with Crippen LogP contribution in [0.4, 0.5) is 0 Å². The lowest BCUT2D eigenvalue weighted by molar-refractivity contribution is 0.584.